The monoisotopic (exact) mass is 250 g/mol. The molecule has 0 aliphatic rings. The summed E-state index contributed by atoms with van der Waals surface area (Å²) in [5.74, 6) is -0.750. The van der Waals surface area contributed by atoms with Crippen LogP contribution in [-0.2, 0) is 11.3 Å². The highest BCUT2D eigenvalue weighted by atomic mass is 32.2. The molecule has 0 spiro atoms. The molecule has 4 nitrogen and oxygen atoms in total. The topological polar surface area (TPSA) is 55.1 Å². The van der Waals surface area contributed by atoms with Crippen molar-refractivity contribution >= 4 is 28.8 Å². The van der Waals surface area contributed by atoms with Crippen LogP contribution in [0.1, 0.15) is 12.8 Å². The third-order valence-electron chi connectivity index (χ3n) is 2.57. The predicted molar refractivity (Wildman–Crippen MR) is 68.4 cm³/mol. The zero-order valence-electron chi connectivity index (χ0n) is 9.59. The third kappa shape index (κ3) is 2.61. The second-order valence-electron chi connectivity index (χ2n) is 3.74. The predicted octanol–water partition coefficient (Wildman–Crippen LogP) is 2.62. The first-order valence-corrected chi connectivity index (χ1v) is 6.66. The maximum atomic E-state index is 10.5. The number of hydrogen-bond donors (Lipinski definition) is 1. The lowest BCUT2D eigenvalue weighted by Crippen LogP contribution is -2.03. The molecular weight excluding hydrogens is 236 g/mol. The number of fused-ring (bicyclic) bond motifs is 1. The van der Waals surface area contributed by atoms with Crippen molar-refractivity contribution in [1.82, 2.24) is 9.55 Å². The number of rotatable bonds is 5. The first-order valence-electron chi connectivity index (χ1n) is 5.43. The van der Waals surface area contributed by atoms with Crippen molar-refractivity contribution in [3.63, 3.8) is 0 Å². The molecule has 0 bridgehead atoms. The Balaban J connectivity index is 2.27. The Labute approximate surface area is 104 Å². The van der Waals surface area contributed by atoms with Crippen LogP contribution in [0.2, 0.25) is 0 Å². The van der Waals surface area contributed by atoms with Crippen LogP contribution in [0.25, 0.3) is 11.0 Å². The molecule has 90 valence electrons. The van der Waals surface area contributed by atoms with Gasteiger partial charge in [0.2, 0.25) is 0 Å². The van der Waals surface area contributed by atoms with Crippen molar-refractivity contribution in [2.75, 3.05) is 6.26 Å². The number of nitrogens with zero attached hydrogens (tertiary/aromatic N) is 2. The number of imidazole rings is 1. The normalized spacial score (nSPS) is 10.9. The molecular formula is C12H14N2O2S. The zero-order valence-corrected chi connectivity index (χ0v) is 10.4. The number of aromatic nitrogens is 2. The Hall–Kier alpha value is -1.49. The average Bonchev–Trinajstić information content (AvgIpc) is 2.67. The lowest BCUT2D eigenvalue weighted by Gasteiger charge is -2.06. The summed E-state index contributed by atoms with van der Waals surface area (Å²) in [6, 6.07) is 7.93. The van der Waals surface area contributed by atoms with E-state index in [-0.39, 0.29) is 6.42 Å². The summed E-state index contributed by atoms with van der Waals surface area (Å²) >= 11 is 1.58. The SMILES string of the molecule is CSc1nc2ccccc2n1CCCC(=O)O. The first-order chi connectivity index (χ1) is 8.22. The fourth-order valence-electron chi connectivity index (χ4n) is 1.81. The molecule has 0 aliphatic heterocycles. The van der Waals surface area contributed by atoms with Gasteiger partial charge in [-0.3, -0.25) is 4.79 Å². The fraction of sp³-hybridized carbons (Fsp3) is 0.333. The van der Waals surface area contributed by atoms with Crippen LogP contribution in [-0.4, -0.2) is 26.9 Å². The minimum atomic E-state index is -0.750. The van der Waals surface area contributed by atoms with E-state index in [0.29, 0.717) is 13.0 Å². The Morgan fingerprint density at radius 1 is 1.47 bits per heavy atom. The lowest BCUT2D eigenvalue weighted by molar-refractivity contribution is -0.137. The van der Waals surface area contributed by atoms with Gasteiger partial charge in [-0.1, -0.05) is 23.9 Å². The van der Waals surface area contributed by atoms with Crippen LogP contribution in [0.5, 0.6) is 0 Å². The van der Waals surface area contributed by atoms with E-state index in [1.807, 2.05) is 30.5 Å². The Bertz CT molecular complexity index is 536. The molecule has 2 aromatic rings. The van der Waals surface area contributed by atoms with E-state index in [0.717, 1.165) is 16.2 Å². The summed E-state index contributed by atoms with van der Waals surface area (Å²) in [5.41, 5.74) is 2.04. The van der Waals surface area contributed by atoms with Gasteiger partial charge in [0.25, 0.3) is 0 Å². The van der Waals surface area contributed by atoms with Crippen molar-refractivity contribution in [3.8, 4) is 0 Å². The van der Waals surface area contributed by atoms with Crippen LogP contribution >= 0.6 is 11.8 Å². The largest absolute Gasteiger partial charge is 0.481 e. The number of para-hydroxylation sites is 2. The van der Waals surface area contributed by atoms with Gasteiger partial charge in [0, 0.05) is 13.0 Å². The second-order valence-corrected chi connectivity index (χ2v) is 4.51. The maximum Gasteiger partial charge on any atom is 0.303 e. The Kier molecular flexibility index (Phi) is 3.68. The van der Waals surface area contributed by atoms with Crippen LogP contribution in [0.15, 0.2) is 29.4 Å². The van der Waals surface area contributed by atoms with Crippen molar-refractivity contribution in [2.45, 2.75) is 24.5 Å². The summed E-state index contributed by atoms with van der Waals surface area (Å²) < 4.78 is 2.09. The molecule has 1 aromatic heterocycles. The van der Waals surface area contributed by atoms with Crippen LogP contribution in [0.4, 0.5) is 0 Å². The second kappa shape index (κ2) is 5.23. The summed E-state index contributed by atoms with van der Waals surface area (Å²) in [7, 11) is 0. The number of benzene rings is 1. The van der Waals surface area contributed by atoms with E-state index in [2.05, 4.69) is 9.55 Å². The van der Waals surface area contributed by atoms with Crippen LogP contribution < -0.4 is 0 Å². The van der Waals surface area contributed by atoms with Gasteiger partial charge in [0.1, 0.15) is 0 Å². The summed E-state index contributed by atoms with van der Waals surface area (Å²) in [6.45, 7) is 0.697. The molecule has 0 unspecified atom stereocenters. The minimum absolute atomic E-state index is 0.195. The molecule has 5 heteroatoms. The standard InChI is InChI=1S/C12H14N2O2S/c1-17-12-13-9-5-2-3-6-10(9)14(12)8-4-7-11(15)16/h2-3,5-6H,4,7-8H2,1H3,(H,15,16). The van der Waals surface area contributed by atoms with Crippen molar-refractivity contribution < 1.29 is 9.90 Å². The fourth-order valence-corrected chi connectivity index (χ4v) is 2.41. The van der Waals surface area contributed by atoms with Gasteiger partial charge in [-0.05, 0) is 24.8 Å². The van der Waals surface area contributed by atoms with Gasteiger partial charge in [-0.25, -0.2) is 4.98 Å². The molecule has 0 radical (unpaired) electrons. The Morgan fingerprint density at radius 2 is 2.24 bits per heavy atom. The van der Waals surface area contributed by atoms with Crippen molar-refractivity contribution in [3.05, 3.63) is 24.3 Å². The molecule has 1 aromatic carbocycles. The third-order valence-corrected chi connectivity index (χ3v) is 3.25. The van der Waals surface area contributed by atoms with Gasteiger partial charge >= 0.3 is 5.97 Å². The van der Waals surface area contributed by atoms with Crippen LogP contribution in [0.3, 0.4) is 0 Å². The van der Waals surface area contributed by atoms with Gasteiger partial charge in [0.05, 0.1) is 11.0 Å². The maximum absolute atomic E-state index is 10.5. The number of thioether (sulfide) groups is 1. The molecule has 0 saturated heterocycles. The number of aliphatic carboxylic acids is 1. The van der Waals surface area contributed by atoms with E-state index in [4.69, 9.17) is 5.11 Å². The quantitative estimate of drug-likeness (QED) is 0.829. The highest BCUT2D eigenvalue weighted by Crippen LogP contribution is 2.22. The minimum Gasteiger partial charge on any atom is -0.481 e. The Morgan fingerprint density at radius 3 is 2.94 bits per heavy atom. The summed E-state index contributed by atoms with van der Waals surface area (Å²) in [4.78, 5) is 15.0. The molecule has 2 rings (SSSR count). The molecule has 0 aliphatic carbocycles. The molecule has 0 saturated carbocycles. The number of aryl methyl sites for hydroxylation is 1. The molecule has 0 amide bonds. The molecule has 17 heavy (non-hydrogen) atoms. The molecule has 1 N–H and O–H groups in total. The summed E-state index contributed by atoms with van der Waals surface area (Å²) in [6.07, 6.45) is 2.80. The van der Waals surface area contributed by atoms with Crippen molar-refractivity contribution in [1.29, 1.82) is 0 Å². The van der Waals surface area contributed by atoms with E-state index in [1.165, 1.54) is 0 Å². The van der Waals surface area contributed by atoms with E-state index >= 15 is 0 Å². The summed E-state index contributed by atoms with van der Waals surface area (Å²) in [5, 5.41) is 9.59. The highest BCUT2D eigenvalue weighted by Gasteiger charge is 2.09. The van der Waals surface area contributed by atoms with E-state index in [1.54, 1.807) is 11.8 Å². The van der Waals surface area contributed by atoms with Gasteiger partial charge in [-0.15, -0.1) is 0 Å². The number of carbonyl (C=O) groups is 1. The average molecular weight is 250 g/mol. The molecule has 1 heterocycles. The molecule has 0 atom stereocenters. The first kappa shape index (κ1) is 12.0. The van der Waals surface area contributed by atoms with Gasteiger partial charge in [0.15, 0.2) is 5.16 Å². The van der Waals surface area contributed by atoms with Crippen molar-refractivity contribution in [2.24, 2.45) is 0 Å². The van der Waals surface area contributed by atoms with Gasteiger partial charge < -0.3 is 9.67 Å². The smallest absolute Gasteiger partial charge is 0.303 e. The number of carboxylic acids is 1. The lowest BCUT2D eigenvalue weighted by atomic mass is 10.3. The van der Waals surface area contributed by atoms with E-state index in [9.17, 15) is 4.79 Å². The van der Waals surface area contributed by atoms with Gasteiger partial charge in [-0.2, -0.15) is 0 Å². The number of carboxylic acid groups (broad SMARTS) is 1. The van der Waals surface area contributed by atoms with E-state index < -0.39 is 5.97 Å². The zero-order chi connectivity index (χ0) is 12.3. The molecule has 0 fully saturated rings. The highest BCUT2D eigenvalue weighted by molar-refractivity contribution is 7.98. The van der Waals surface area contributed by atoms with Crippen LogP contribution in [0, 0.1) is 0 Å². The number of hydrogen-bond acceptors (Lipinski definition) is 3.